The van der Waals surface area contributed by atoms with Gasteiger partial charge in [0.1, 0.15) is 5.69 Å². The van der Waals surface area contributed by atoms with Gasteiger partial charge < -0.3 is 20.4 Å². The molecule has 1 fully saturated rings. The van der Waals surface area contributed by atoms with E-state index in [9.17, 15) is 4.79 Å². The molecule has 2 amide bonds. The number of anilines is 4. The topological polar surface area (TPSA) is 73.4 Å². The number of carbonyl (C=O) groups is 1. The summed E-state index contributed by atoms with van der Waals surface area (Å²) in [7, 11) is 3.83. The first-order valence-corrected chi connectivity index (χ1v) is 10.2. The van der Waals surface area contributed by atoms with Gasteiger partial charge in [-0.1, -0.05) is 32.9 Å². The molecule has 2 aromatic rings. The maximum Gasteiger partial charge on any atom is 0.323 e. The average Bonchev–Trinajstić information content (AvgIpc) is 2.68. The molecule has 3 rings (SSSR count). The number of benzene rings is 1. The average molecular weight is 397 g/mol. The Morgan fingerprint density at radius 3 is 2.28 bits per heavy atom. The molecule has 0 atom stereocenters. The van der Waals surface area contributed by atoms with Crippen LogP contribution in [-0.2, 0) is 5.41 Å². The van der Waals surface area contributed by atoms with Gasteiger partial charge in [-0.3, -0.25) is 0 Å². The highest BCUT2D eigenvalue weighted by Crippen LogP contribution is 2.26. The summed E-state index contributed by atoms with van der Waals surface area (Å²) < 4.78 is 0. The van der Waals surface area contributed by atoms with Gasteiger partial charge in [0.15, 0.2) is 5.82 Å². The van der Waals surface area contributed by atoms with Crippen LogP contribution in [0.5, 0.6) is 0 Å². The van der Waals surface area contributed by atoms with Gasteiger partial charge in [-0.25, -0.2) is 9.78 Å². The lowest BCUT2D eigenvalue weighted by Crippen LogP contribution is -2.31. The molecule has 1 aromatic heterocycles. The SMILES string of the molecule is CN(C)c1nc(N2CCCCC2)ncc1NC(=O)Nc1ccc(C(C)(C)C)cc1. The van der Waals surface area contributed by atoms with Crippen molar-refractivity contribution in [2.75, 3.05) is 47.6 Å². The van der Waals surface area contributed by atoms with Crippen LogP contribution in [-0.4, -0.2) is 43.2 Å². The smallest absolute Gasteiger partial charge is 0.323 e. The molecule has 1 saturated heterocycles. The molecular formula is C22H32N6O. The molecule has 0 aliphatic carbocycles. The van der Waals surface area contributed by atoms with E-state index < -0.39 is 0 Å². The molecule has 0 bridgehead atoms. The van der Waals surface area contributed by atoms with E-state index in [0.717, 1.165) is 37.6 Å². The van der Waals surface area contributed by atoms with Crippen molar-refractivity contribution in [1.29, 1.82) is 0 Å². The van der Waals surface area contributed by atoms with Gasteiger partial charge in [0, 0.05) is 32.9 Å². The molecule has 1 aromatic carbocycles. The fourth-order valence-electron chi connectivity index (χ4n) is 3.38. The van der Waals surface area contributed by atoms with Crippen LogP contribution in [0.3, 0.4) is 0 Å². The lowest BCUT2D eigenvalue weighted by molar-refractivity contribution is 0.262. The molecular weight excluding hydrogens is 364 g/mol. The number of carbonyl (C=O) groups excluding carboxylic acids is 1. The lowest BCUT2D eigenvalue weighted by atomic mass is 9.87. The maximum atomic E-state index is 12.5. The third-order valence-corrected chi connectivity index (χ3v) is 5.08. The van der Waals surface area contributed by atoms with E-state index in [1.54, 1.807) is 6.20 Å². The van der Waals surface area contributed by atoms with Crippen molar-refractivity contribution in [1.82, 2.24) is 9.97 Å². The quantitative estimate of drug-likeness (QED) is 0.797. The van der Waals surface area contributed by atoms with Crippen molar-refractivity contribution >= 4 is 29.2 Å². The second-order valence-electron chi connectivity index (χ2n) is 8.76. The Morgan fingerprint density at radius 1 is 1.03 bits per heavy atom. The number of rotatable bonds is 4. The maximum absolute atomic E-state index is 12.5. The molecule has 29 heavy (non-hydrogen) atoms. The fraction of sp³-hybridized carbons (Fsp3) is 0.500. The summed E-state index contributed by atoms with van der Waals surface area (Å²) in [5, 5.41) is 5.76. The molecule has 2 N–H and O–H groups in total. The summed E-state index contributed by atoms with van der Waals surface area (Å²) in [5.41, 5.74) is 2.63. The monoisotopic (exact) mass is 396 g/mol. The van der Waals surface area contributed by atoms with Crippen molar-refractivity contribution in [3.63, 3.8) is 0 Å². The standard InChI is InChI=1S/C22H32N6O/c1-22(2,3)16-9-11-17(12-10-16)24-21(29)25-18-15-23-20(26-19(18)27(4)5)28-13-7-6-8-14-28/h9-12,15H,6-8,13-14H2,1-5H3,(H2,24,25,29). The van der Waals surface area contributed by atoms with Crippen LogP contribution in [0.15, 0.2) is 30.5 Å². The van der Waals surface area contributed by atoms with Crippen molar-refractivity contribution in [3.8, 4) is 0 Å². The molecule has 0 spiro atoms. The van der Waals surface area contributed by atoms with Gasteiger partial charge in [-0.2, -0.15) is 4.98 Å². The summed E-state index contributed by atoms with van der Waals surface area (Å²) in [6.45, 7) is 8.45. The van der Waals surface area contributed by atoms with Crippen LogP contribution < -0.4 is 20.4 Å². The van der Waals surface area contributed by atoms with Gasteiger partial charge in [0.05, 0.1) is 6.20 Å². The minimum atomic E-state index is -0.314. The first kappa shape index (κ1) is 20.9. The molecule has 0 unspecified atom stereocenters. The Labute approximate surface area is 173 Å². The second kappa shape index (κ2) is 8.68. The number of amides is 2. The number of hydrogen-bond acceptors (Lipinski definition) is 5. The Morgan fingerprint density at radius 2 is 1.69 bits per heavy atom. The van der Waals surface area contributed by atoms with Crippen LogP contribution in [0.25, 0.3) is 0 Å². The minimum absolute atomic E-state index is 0.0782. The van der Waals surface area contributed by atoms with Crippen LogP contribution >= 0.6 is 0 Å². The van der Waals surface area contributed by atoms with E-state index in [1.165, 1.54) is 12.0 Å². The highest BCUT2D eigenvalue weighted by molar-refractivity contribution is 6.01. The normalized spacial score (nSPS) is 14.4. The van der Waals surface area contributed by atoms with Crippen LogP contribution in [0.1, 0.15) is 45.6 Å². The Hall–Kier alpha value is -2.83. The molecule has 1 aliphatic rings. The van der Waals surface area contributed by atoms with Crippen LogP contribution in [0.2, 0.25) is 0 Å². The first-order chi connectivity index (χ1) is 13.7. The number of piperidine rings is 1. The summed E-state index contributed by atoms with van der Waals surface area (Å²) in [6.07, 6.45) is 5.27. The molecule has 1 aliphatic heterocycles. The van der Waals surface area contributed by atoms with E-state index in [2.05, 4.69) is 41.3 Å². The van der Waals surface area contributed by atoms with E-state index in [-0.39, 0.29) is 11.4 Å². The molecule has 0 saturated carbocycles. The fourth-order valence-corrected chi connectivity index (χ4v) is 3.38. The van der Waals surface area contributed by atoms with E-state index >= 15 is 0 Å². The first-order valence-electron chi connectivity index (χ1n) is 10.2. The summed E-state index contributed by atoms with van der Waals surface area (Å²) in [5.74, 6) is 1.41. The number of nitrogens with zero attached hydrogens (tertiary/aromatic N) is 4. The Balaban J connectivity index is 1.70. The zero-order chi connectivity index (χ0) is 21.0. The molecule has 7 nitrogen and oxygen atoms in total. The van der Waals surface area contributed by atoms with Crippen molar-refractivity contribution in [2.45, 2.75) is 45.4 Å². The number of hydrogen-bond donors (Lipinski definition) is 2. The van der Waals surface area contributed by atoms with Gasteiger partial charge in [-0.05, 0) is 42.4 Å². The van der Waals surface area contributed by atoms with E-state index in [1.807, 2.05) is 43.3 Å². The predicted molar refractivity (Wildman–Crippen MR) is 120 cm³/mol. The summed E-state index contributed by atoms with van der Waals surface area (Å²) >= 11 is 0. The highest BCUT2D eigenvalue weighted by atomic mass is 16.2. The van der Waals surface area contributed by atoms with Crippen molar-refractivity contribution in [2.24, 2.45) is 0 Å². The molecule has 2 heterocycles. The third-order valence-electron chi connectivity index (χ3n) is 5.08. The largest absolute Gasteiger partial charge is 0.361 e. The van der Waals surface area contributed by atoms with Gasteiger partial charge in [0.2, 0.25) is 5.95 Å². The lowest BCUT2D eigenvalue weighted by Gasteiger charge is -2.28. The van der Waals surface area contributed by atoms with Gasteiger partial charge >= 0.3 is 6.03 Å². The van der Waals surface area contributed by atoms with Gasteiger partial charge in [-0.15, -0.1) is 0 Å². The summed E-state index contributed by atoms with van der Waals surface area (Å²) in [6, 6.07) is 7.60. The highest BCUT2D eigenvalue weighted by Gasteiger charge is 2.18. The zero-order valence-electron chi connectivity index (χ0n) is 18.1. The zero-order valence-corrected chi connectivity index (χ0v) is 18.1. The van der Waals surface area contributed by atoms with E-state index in [0.29, 0.717) is 11.5 Å². The van der Waals surface area contributed by atoms with Gasteiger partial charge in [0.25, 0.3) is 0 Å². The van der Waals surface area contributed by atoms with E-state index in [4.69, 9.17) is 4.98 Å². The molecule has 0 radical (unpaired) electrons. The predicted octanol–water partition coefficient (Wildman–Crippen LogP) is 4.47. The molecule has 7 heteroatoms. The summed E-state index contributed by atoms with van der Waals surface area (Å²) in [4.78, 5) is 25.8. The minimum Gasteiger partial charge on any atom is -0.361 e. The number of nitrogens with one attached hydrogen (secondary N) is 2. The third kappa shape index (κ3) is 5.37. The number of aromatic nitrogens is 2. The Kier molecular flexibility index (Phi) is 6.25. The molecule has 156 valence electrons. The van der Waals surface area contributed by atoms with Crippen LogP contribution in [0.4, 0.5) is 27.9 Å². The Bertz CT molecular complexity index is 835. The number of urea groups is 1. The van der Waals surface area contributed by atoms with Crippen molar-refractivity contribution in [3.05, 3.63) is 36.0 Å². The second-order valence-corrected chi connectivity index (χ2v) is 8.76. The van der Waals surface area contributed by atoms with Crippen molar-refractivity contribution < 1.29 is 4.79 Å². The van der Waals surface area contributed by atoms with Crippen LogP contribution in [0, 0.1) is 0 Å².